The summed E-state index contributed by atoms with van der Waals surface area (Å²) in [6.07, 6.45) is 2.53. The van der Waals surface area contributed by atoms with Crippen LogP contribution in [-0.4, -0.2) is 33.5 Å². The van der Waals surface area contributed by atoms with E-state index in [2.05, 4.69) is 36.6 Å². The van der Waals surface area contributed by atoms with Crippen LogP contribution in [0.25, 0.3) is 11.0 Å². The van der Waals surface area contributed by atoms with Crippen LogP contribution in [0.4, 0.5) is 0 Å². The van der Waals surface area contributed by atoms with E-state index < -0.39 is 0 Å². The molecule has 1 aliphatic rings. The third-order valence-electron chi connectivity index (χ3n) is 5.92. The zero-order valence-electron chi connectivity index (χ0n) is 17.5. The number of amides is 1. The highest BCUT2D eigenvalue weighted by molar-refractivity contribution is 5.78. The highest BCUT2D eigenvalue weighted by Crippen LogP contribution is 2.34. The van der Waals surface area contributed by atoms with Gasteiger partial charge in [-0.2, -0.15) is 0 Å². The van der Waals surface area contributed by atoms with E-state index in [1.165, 1.54) is 11.1 Å². The van der Waals surface area contributed by atoms with Gasteiger partial charge in [-0.3, -0.25) is 4.79 Å². The molecule has 1 atom stereocenters. The molecule has 1 amide bonds. The molecule has 1 saturated heterocycles. The van der Waals surface area contributed by atoms with Crippen LogP contribution in [0.5, 0.6) is 5.75 Å². The summed E-state index contributed by atoms with van der Waals surface area (Å²) < 4.78 is 8.29. The maximum Gasteiger partial charge on any atom is 0.222 e. The molecular weight excluding hydrogens is 362 g/mol. The van der Waals surface area contributed by atoms with Gasteiger partial charge >= 0.3 is 0 Å². The largest absolute Gasteiger partial charge is 0.492 e. The van der Waals surface area contributed by atoms with Gasteiger partial charge in [-0.25, -0.2) is 4.98 Å². The minimum Gasteiger partial charge on any atom is -0.492 e. The van der Waals surface area contributed by atoms with E-state index in [0.29, 0.717) is 19.6 Å². The van der Waals surface area contributed by atoms with Gasteiger partial charge in [-0.1, -0.05) is 25.1 Å². The molecule has 1 aliphatic heterocycles. The summed E-state index contributed by atoms with van der Waals surface area (Å²) in [4.78, 5) is 19.4. The third kappa shape index (κ3) is 3.86. The van der Waals surface area contributed by atoms with Gasteiger partial charge in [-0.15, -0.1) is 0 Å². The highest BCUT2D eigenvalue weighted by atomic mass is 16.5. The molecule has 5 nitrogen and oxygen atoms in total. The lowest BCUT2D eigenvalue weighted by molar-refractivity contribution is -0.131. The second kappa shape index (κ2) is 8.27. The van der Waals surface area contributed by atoms with Gasteiger partial charge in [0.25, 0.3) is 0 Å². The van der Waals surface area contributed by atoms with E-state index in [1.54, 1.807) is 0 Å². The maximum atomic E-state index is 12.4. The van der Waals surface area contributed by atoms with E-state index in [-0.39, 0.29) is 11.9 Å². The molecule has 2 heterocycles. The number of carbonyl (C=O) groups excluding carboxylic acids is 1. The standard InChI is InChI=1S/C24H29N3O2/c1-4-23(28)26-13-7-10-22(26)24-25-20-8-5-6-9-21(20)27(24)14-15-29-19-12-11-17(2)18(3)16-19/h5-6,8-9,11-12,16,22H,4,7,10,13-15H2,1-3H3/t22-/m0/s1. The molecule has 152 valence electrons. The molecule has 0 bridgehead atoms. The number of hydrogen-bond donors (Lipinski definition) is 0. The summed E-state index contributed by atoms with van der Waals surface area (Å²) in [7, 11) is 0. The van der Waals surface area contributed by atoms with Gasteiger partial charge < -0.3 is 14.2 Å². The molecular formula is C24H29N3O2. The van der Waals surface area contributed by atoms with Crippen LogP contribution in [0.3, 0.4) is 0 Å². The summed E-state index contributed by atoms with van der Waals surface area (Å²) in [6, 6.07) is 14.4. The number of benzene rings is 2. The van der Waals surface area contributed by atoms with Crippen molar-refractivity contribution in [2.45, 2.75) is 52.6 Å². The van der Waals surface area contributed by atoms with Gasteiger partial charge in [0.2, 0.25) is 5.91 Å². The van der Waals surface area contributed by atoms with Crippen molar-refractivity contribution < 1.29 is 9.53 Å². The van der Waals surface area contributed by atoms with E-state index in [9.17, 15) is 4.79 Å². The Morgan fingerprint density at radius 3 is 2.79 bits per heavy atom. The van der Waals surface area contributed by atoms with Crippen molar-refractivity contribution in [2.75, 3.05) is 13.2 Å². The molecule has 0 N–H and O–H groups in total. The normalized spacial score (nSPS) is 16.5. The molecule has 29 heavy (non-hydrogen) atoms. The Kier molecular flexibility index (Phi) is 5.56. The number of rotatable bonds is 6. The first kappa shape index (κ1) is 19.5. The van der Waals surface area contributed by atoms with Crippen molar-refractivity contribution in [3.8, 4) is 5.75 Å². The Morgan fingerprint density at radius 2 is 2.00 bits per heavy atom. The Hall–Kier alpha value is -2.82. The molecule has 1 aromatic heterocycles. The van der Waals surface area contributed by atoms with Gasteiger partial charge in [0.1, 0.15) is 18.2 Å². The number of aryl methyl sites for hydroxylation is 2. The molecule has 4 rings (SSSR count). The zero-order valence-corrected chi connectivity index (χ0v) is 17.5. The number of carbonyl (C=O) groups is 1. The molecule has 0 radical (unpaired) electrons. The Labute approximate surface area is 172 Å². The van der Waals surface area contributed by atoms with Crippen molar-refractivity contribution in [3.05, 3.63) is 59.4 Å². The fourth-order valence-electron chi connectivity index (χ4n) is 4.18. The first-order chi connectivity index (χ1) is 14.1. The lowest BCUT2D eigenvalue weighted by atomic mass is 10.1. The predicted molar refractivity (Wildman–Crippen MR) is 115 cm³/mol. The summed E-state index contributed by atoms with van der Waals surface area (Å²) in [5.74, 6) is 2.08. The fourth-order valence-corrected chi connectivity index (χ4v) is 4.18. The number of nitrogens with zero attached hydrogens (tertiary/aromatic N) is 3. The molecule has 0 aliphatic carbocycles. The second-order valence-electron chi connectivity index (χ2n) is 7.80. The number of aromatic nitrogens is 2. The zero-order chi connectivity index (χ0) is 20.4. The minimum atomic E-state index is 0.0523. The van der Waals surface area contributed by atoms with Crippen LogP contribution in [0.1, 0.15) is 49.2 Å². The first-order valence-electron chi connectivity index (χ1n) is 10.5. The Morgan fingerprint density at radius 1 is 1.17 bits per heavy atom. The van der Waals surface area contributed by atoms with Gasteiger partial charge in [0.05, 0.1) is 23.6 Å². The Bertz CT molecular complexity index is 1020. The quantitative estimate of drug-likeness (QED) is 0.606. The fraction of sp³-hybridized carbons (Fsp3) is 0.417. The summed E-state index contributed by atoms with van der Waals surface area (Å²) in [5.41, 5.74) is 4.57. The lowest BCUT2D eigenvalue weighted by Gasteiger charge is -2.25. The monoisotopic (exact) mass is 391 g/mol. The molecule has 3 aromatic rings. The van der Waals surface area contributed by atoms with E-state index >= 15 is 0 Å². The van der Waals surface area contributed by atoms with E-state index in [1.807, 2.05) is 36.1 Å². The highest BCUT2D eigenvalue weighted by Gasteiger charge is 2.32. The van der Waals surface area contributed by atoms with Crippen molar-refractivity contribution in [1.29, 1.82) is 0 Å². The summed E-state index contributed by atoms with van der Waals surface area (Å²) in [5, 5.41) is 0. The topological polar surface area (TPSA) is 47.4 Å². The van der Waals surface area contributed by atoms with Crippen LogP contribution >= 0.6 is 0 Å². The van der Waals surface area contributed by atoms with Crippen molar-refractivity contribution in [2.24, 2.45) is 0 Å². The molecule has 0 saturated carbocycles. The number of imidazole rings is 1. The SMILES string of the molecule is CCC(=O)N1CCC[C@H]1c1nc2ccccc2n1CCOc1ccc(C)c(C)c1. The van der Waals surface area contributed by atoms with Crippen molar-refractivity contribution in [3.63, 3.8) is 0 Å². The second-order valence-corrected chi connectivity index (χ2v) is 7.80. The van der Waals surface area contributed by atoms with Crippen LogP contribution in [0.15, 0.2) is 42.5 Å². The average Bonchev–Trinajstić information content (AvgIpc) is 3.35. The molecule has 5 heteroatoms. The van der Waals surface area contributed by atoms with Crippen molar-refractivity contribution in [1.82, 2.24) is 14.5 Å². The van der Waals surface area contributed by atoms with Gasteiger partial charge in [-0.05, 0) is 62.1 Å². The van der Waals surface area contributed by atoms with Crippen LogP contribution in [0, 0.1) is 13.8 Å². The number of hydrogen-bond acceptors (Lipinski definition) is 3. The maximum absolute atomic E-state index is 12.4. The lowest BCUT2D eigenvalue weighted by Crippen LogP contribution is -2.31. The number of likely N-dealkylation sites (tertiary alicyclic amines) is 1. The molecule has 1 fully saturated rings. The van der Waals surface area contributed by atoms with Crippen LogP contribution < -0.4 is 4.74 Å². The third-order valence-corrected chi connectivity index (χ3v) is 5.92. The van der Waals surface area contributed by atoms with E-state index in [0.717, 1.165) is 42.0 Å². The number of ether oxygens (including phenoxy) is 1. The number of fused-ring (bicyclic) bond motifs is 1. The van der Waals surface area contributed by atoms with Crippen LogP contribution in [-0.2, 0) is 11.3 Å². The smallest absolute Gasteiger partial charge is 0.222 e. The summed E-state index contributed by atoms with van der Waals surface area (Å²) >= 11 is 0. The summed E-state index contributed by atoms with van der Waals surface area (Å²) in [6.45, 7) is 8.21. The molecule has 0 unspecified atom stereocenters. The first-order valence-corrected chi connectivity index (χ1v) is 10.5. The average molecular weight is 392 g/mol. The molecule has 2 aromatic carbocycles. The minimum absolute atomic E-state index is 0.0523. The van der Waals surface area contributed by atoms with Crippen LogP contribution in [0.2, 0.25) is 0 Å². The predicted octanol–water partition coefficient (Wildman–Crippen LogP) is 4.81. The molecule has 0 spiro atoms. The van der Waals surface area contributed by atoms with Crippen molar-refractivity contribution >= 4 is 16.9 Å². The van der Waals surface area contributed by atoms with Gasteiger partial charge in [0.15, 0.2) is 0 Å². The van der Waals surface area contributed by atoms with E-state index in [4.69, 9.17) is 9.72 Å². The Balaban J connectivity index is 1.60. The van der Waals surface area contributed by atoms with Gasteiger partial charge in [0, 0.05) is 13.0 Å². The number of para-hydroxylation sites is 2.